The maximum absolute atomic E-state index is 13.3. The van der Waals surface area contributed by atoms with Crippen molar-refractivity contribution in [3.8, 4) is 5.75 Å². The summed E-state index contributed by atoms with van der Waals surface area (Å²) in [5, 5.41) is 10.7. The predicted molar refractivity (Wildman–Crippen MR) is 244 cm³/mol. The van der Waals surface area contributed by atoms with Crippen LogP contribution in [-0.4, -0.2) is 140 Å². The standard InChI is InChI=1S/C45H52ClN10O5P/c1-61-38-23-31(9-11-35(38)49-45-47-24-34(46)41(51-45)48-36-6-4-5-7-39(36)62(2)3)54-20-18-53(19-21-54)29-14-16-52(17-15-29)25-28-26-55(27-28)30-8-10-32-33(22-30)44(60)56(43(32)59)37-12-13-40(57)50-42(37)58/h4-11,22-24,28-29,37H,12-21,25-27H2,1-3H3,(H,50,57,58)(H2,47,48,49,51). The SMILES string of the molecule is COc1cc(N2CCN(C3CCN(CC4CN(c5ccc6c(c5)C(=O)N(C5CCC(=O)NC5=O)C6=O)C4)CC3)CC2)ccc1Nc1ncc(Cl)c(Nc2ccccc2P(C)C)n1. The molecule has 4 amide bonds. The summed E-state index contributed by atoms with van der Waals surface area (Å²) in [6.07, 6.45) is 4.17. The maximum Gasteiger partial charge on any atom is 0.262 e. The molecule has 4 aromatic rings. The molecule has 4 saturated heterocycles. The van der Waals surface area contributed by atoms with Crippen LogP contribution in [0.1, 0.15) is 46.4 Å². The molecule has 1 aromatic heterocycles. The van der Waals surface area contributed by atoms with Crippen LogP contribution in [-0.2, 0) is 9.59 Å². The lowest BCUT2D eigenvalue weighted by Crippen LogP contribution is -2.55. The van der Waals surface area contributed by atoms with E-state index in [-0.39, 0.29) is 26.7 Å². The molecule has 5 aliphatic rings. The zero-order valence-electron chi connectivity index (χ0n) is 35.3. The van der Waals surface area contributed by atoms with E-state index in [2.05, 4.69) is 72.1 Å². The van der Waals surface area contributed by atoms with Gasteiger partial charge in [-0.25, -0.2) is 4.98 Å². The number of piperidine rings is 2. The molecular weight excluding hydrogens is 827 g/mol. The first kappa shape index (κ1) is 42.0. The summed E-state index contributed by atoms with van der Waals surface area (Å²) in [6.45, 7) is 13.4. The van der Waals surface area contributed by atoms with E-state index in [4.69, 9.17) is 21.3 Å². The maximum atomic E-state index is 13.3. The van der Waals surface area contributed by atoms with Crippen molar-refractivity contribution in [2.75, 3.05) is 99.8 Å². The zero-order chi connectivity index (χ0) is 43.1. The second-order valence-corrected chi connectivity index (χ2v) is 19.6. The van der Waals surface area contributed by atoms with Crippen molar-refractivity contribution in [1.82, 2.24) is 30.0 Å². The van der Waals surface area contributed by atoms with Gasteiger partial charge in [0.25, 0.3) is 11.8 Å². The number of carbonyl (C=O) groups excluding carboxylic acids is 4. The van der Waals surface area contributed by atoms with Crippen molar-refractivity contribution in [2.45, 2.75) is 37.8 Å². The highest BCUT2D eigenvalue weighted by atomic mass is 35.5. The molecule has 9 rings (SSSR count). The Hall–Kier alpha value is -5.34. The van der Waals surface area contributed by atoms with Crippen molar-refractivity contribution < 1.29 is 23.9 Å². The molecule has 62 heavy (non-hydrogen) atoms. The van der Waals surface area contributed by atoms with Gasteiger partial charge < -0.3 is 30.1 Å². The summed E-state index contributed by atoms with van der Waals surface area (Å²) >= 11 is 6.53. The molecule has 0 bridgehead atoms. The normalized spacial score (nSPS) is 20.4. The Kier molecular flexibility index (Phi) is 12.1. The third-order valence-corrected chi connectivity index (χ3v) is 14.5. The molecule has 0 radical (unpaired) electrons. The number of para-hydroxylation sites is 1. The van der Waals surface area contributed by atoms with Gasteiger partial charge in [0.2, 0.25) is 17.8 Å². The number of piperazine rings is 1. The second kappa shape index (κ2) is 17.8. The van der Waals surface area contributed by atoms with Gasteiger partial charge in [-0.2, -0.15) is 4.98 Å². The number of anilines is 6. The topological polar surface area (TPSA) is 156 Å². The van der Waals surface area contributed by atoms with Gasteiger partial charge in [-0.1, -0.05) is 37.7 Å². The Morgan fingerprint density at radius 1 is 0.823 bits per heavy atom. The number of aromatic nitrogens is 2. The van der Waals surface area contributed by atoms with Crippen LogP contribution < -0.4 is 35.8 Å². The molecule has 0 aliphatic carbocycles. The number of carbonyl (C=O) groups is 4. The number of halogens is 1. The molecule has 1 unspecified atom stereocenters. The minimum absolute atomic E-state index is 0.102. The van der Waals surface area contributed by atoms with Crippen LogP contribution in [0, 0.1) is 5.92 Å². The predicted octanol–water partition coefficient (Wildman–Crippen LogP) is 5.12. The number of nitrogens with zero attached hydrogens (tertiary/aromatic N) is 7. The van der Waals surface area contributed by atoms with Crippen LogP contribution in [0.25, 0.3) is 0 Å². The first-order chi connectivity index (χ1) is 30.0. The largest absolute Gasteiger partial charge is 0.494 e. The number of rotatable bonds is 12. The summed E-state index contributed by atoms with van der Waals surface area (Å²) in [5.41, 5.74) is 4.43. The molecule has 6 heterocycles. The first-order valence-corrected chi connectivity index (χ1v) is 24.0. The molecule has 3 aromatic carbocycles. The van der Waals surface area contributed by atoms with Crippen molar-refractivity contribution >= 4 is 83.0 Å². The lowest BCUT2D eigenvalue weighted by molar-refractivity contribution is -0.136. The number of hydrogen-bond acceptors (Lipinski definition) is 13. The number of hydrogen-bond donors (Lipinski definition) is 3. The van der Waals surface area contributed by atoms with Gasteiger partial charge in [-0.3, -0.25) is 34.3 Å². The Labute approximate surface area is 367 Å². The molecule has 324 valence electrons. The van der Waals surface area contributed by atoms with Crippen LogP contribution in [0.3, 0.4) is 0 Å². The molecule has 4 fully saturated rings. The fourth-order valence-electron chi connectivity index (χ4n) is 9.44. The van der Waals surface area contributed by atoms with Crippen molar-refractivity contribution in [3.05, 3.63) is 83.0 Å². The molecule has 0 spiro atoms. The van der Waals surface area contributed by atoms with Crippen molar-refractivity contribution in [1.29, 1.82) is 0 Å². The molecular formula is C45H52ClN10O5P. The quantitative estimate of drug-likeness (QED) is 0.128. The van der Waals surface area contributed by atoms with E-state index in [0.717, 1.165) is 99.4 Å². The Bertz CT molecular complexity index is 2380. The third kappa shape index (κ3) is 8.55. The number of amides is 4. The van der Waals surface area contributed by atoms with E-state index >= 15 is 0 Å². The molecule has 1 atom stereocenters. The van der Waals surface area contributed by atoms with Crippen LogP contribution in [0.2, 0.25) is 5.02 Å². The summed E-state index contributed by atoms with van der Waals surface area (Å²) in [4.78, 5) is 70.6. The van der Waals surface area contributed by atoms with Crippen molar-refractivity contribution in [2.24, 2.45) is 5.92 Å². The number of likely N-dealkylation sites (tertiary alicyclic amines) is 1. The minimum Gasteiger partial charge on any atom is -0.494 e. The van der Waals surface area contributed by atoms with Gasteiger partial charge >= 0.3 is 0 Å². The first-order valence-electron chi connectivity index (χ1n) is 21.4. The molecule has 15 nitrogen and oxygen atoms in total. The highest BCUT2D eigenvalue weighted by Crippen LogP contribution is 2.36. The Morgan fingerprint density at radius 3 is 2.29 bits per heavy atom. The smallest absolute Gasteiger partial charge is 0.262 e. The van der Waals surface area contributed by atoms with Crippen LogP contribution in [0.15, 0.2) is 66.9 Å². The summed E-state index contributed by atoms with van der Waals surface area (Å²) < 4.78 is 5.84. The average Bonchev–Trinajstić information content (AvgIpc) is 3.51. The molecule has 3 N–H and O–H groups in total. The fourth-order valence-corrected chi connectivity index (χ4v) is 10.6. The monoisotopic (exact) mass is 878 g/mol. The number of imide groups is 2. The number of ether oxygens (including phenoxy) is 1. The van der Waals surface area contributed by atoms with Gasteiger partial charge in [-0.15, -0.1) is 0 Å². The van der Waals surface area contributed by atoms with E-state index in [1.165, 1.54) is 5.30 Å². The van der Waals surface area contributed by atoms with Gasteiger partial charge in [0, 0.05) is 87.3 Å². The number of nitrogens with one attached hydrogen (secondary N) is 3. The van der Waals surface area contributed by atoms with Crippen LogP contribution in [0.4, 0.5) is 34.5 Å². The lowest BCUT2D eigenvalue weighted by Gasteiger charge is -2.46. The van der Waals surface area contributed by atoms with Gasteiger partial charge in [0.05, 0.1) is 30.1 Å². The fraction of sp³-hybridized carbons (Fsp3) is 0.422. The van der Waals surface area contributed by atoms with Crippen LogP contribution in [0.5, 0.6) is 5.75 Å². The third-order valence-electron chi connectivity index (χ3n) is 12.8. The van der Waals surface area contributed by atoms with E-state index in [0.29, 0.717) is 45.6 Å². The molecule has 5 aliphatic heterocycles. The second-order valence-electron chi connectivity index (χ2n) is 16.9. The van der Waals surface area contributed by atoms with Crippen LogP contribution >= 0.6 is 19.5 Å². The summed E-state index contributed by atoms with van der Waals surface area (Å²) in [5.74, 6) is 0.278. The number of benzene rings is 3. The molecule has 17 heteroatoms. The average molecular weight is 879 g/mol. The Balaban J connectivity index is 0.727. The van der Waals surface area contributed by atoms with Crippen molar-refractivity contribution in [3.63, 3.8) is 0 Å². The van der Waals surface area contributed by atoms with E-state index < -0.39 is 23.8 Å². The summed E-state index contributed by atoms with van der Waals surface area (Å²) in [6, 6.07) is 19.4. The van der Waals surface area contributed by atoms with E-state index in [1.54, 1.807) is 25.4 Å². The number of fused-ring (bicyclic) bond motifs is 1. The molecule has 0 saturated carbocycles. The highest BCUT2D eigenvalue weighted by molar-refractivity contribution is 7.64. The van der Waals surface area contributed by atoms with E-state index in [9.17, 15) is 19.2 Å². The Morgan fingerprint density at radius 2 is 1.55 bits per heavy atom. The summed E-state index contributed by atoms with van der Waals surface area (Å²) in [7, 11) is 1.36. The van der Waals surface area contributed by atoms with Gasteiger partial charge in [0.1, 0.15) is 16.8 Å². The zero-order valence-corrected chi connectivity index (χ0v) is 36.9. The highest BCUT2D eigenvalue weighted by Gasteiger charge is 2.45. The van der Waals surface area contributed by atoms with Gasteiger partial charge in [0.15, 0.2) is 5.82 Å². The minimum atomic E-state index is -0.960. The lowest BCUT2D eigenvalue weighted by atomic mass is 9.95. The van der Waals surface area contributed by atoms with Gasteiger partial charge in [-0.05, 0) is 87.4 Å². The van der Waals surface area contributed by atoms with E-state index in [1.807, 2.05) is 30.3 Å². The number of methoxy groups -OCH3 is 1.